The fourth-order valence-electron chi connectivity index (χ4n) is 2.90. The van der Waals surface area contributed by atoms with E-state index >= 15 is 0 Å². The van der Waals surface area contributed by atoms with E-state index in [9.17, 15) is 0 Å². The van der Waals surface area contributed by atoms with E-state index in [0.29, 0.717) is 5.82 Å². The molecule has 3 heteroatoms. The van der Waals surface area contributed by atoms with Gasteiger partial charge in [0.1, 0.15) is 5.82 Å². The Morgan fingerprint density at radius 1 is 1.33 bits per heavy atom. The summed E-state index contributed by atoms with van der Waals surface area (Å²) in [7, 11) is 0. The molecule has 1 aliphatic heterocycles. The molecule has 100 valence electrons. The van der Waals surface area contributed by atoms with Gasteiger partial charge < -0.3 is 5.73 Å². The van der Waals surface area contributed by atoms with Crippen molar-refractivity contribution in [3.8, 4) is 0 Å². The Kier molecular flexibility index (Phi) is 5.00. The van der Waals surface area contributed by atoms with Gasteiger partial charge in [0.15, 0.2) is 0 Å². The second kappa shape index (κ2) is 6.74. The van der Waals surface area contributed by atoms with Crippen LogP contribution in [-0.2, 0) is 6.54 Å². The molecule has 18 heavy (non-hydrogen) atoms. The fraction of sp³-hybridized carbons (Fsp3) is 0.667. The first-order valence-electron chi connectivity index (χ1n) is 7.21. The highest BCUT2D eigenvalue weighted by Gasteiger charge is 2.16. The topological polar surface area (TPSA) is 42.1 Å². The van der Waals surface area contributed by atoms with Crippen molar-refractivity contribution in [2.24, 2.45) is 5.92 Å². The number of nitrogens with zero attached hydrogens (tertiary/aromatic N) is 2. The zero-order valence-corrected chi connectivity index (χ0v) is 11.4. The molecule has 2 N–H and O–H groups in total. The van der Waals surface area contributed by atoms with Gasteiger partial charge in [0, 0.05) is 6.54 Å². The Morgan fingerprint density at radius 3 is 3.00 bits per heavy atom. The van der Waals surface area contributed by atoms with E-state index in [1.807, 2.05) is 12.1 Å². The molecule has 0 aliphatic carbocycles. The molecule has 0 saturated carbocycles. The number of likely N-dealkylation sites (tertiary alicyclic amines) is 1. The fourth-order valence-corrected chi connectivity index (χ4v) is 2.90. The van der Waals surface area contributed by atoms with Gasteiger partial charge in [-0.1, -0.05) is 25.8 Å². The number of rotatable bonds is 4. The van der Waals surface area contributed by atoms with Crippen LogP contribution in [0, 0.1) is 5.92 Å². The van der Waals surface area contributed by atoms with Gasteiger partial charge in [-0.2, -0.15) is 0 Å². The minimum atomic E-state index is 0.631. The molecule has 0 bridgehead atoms. The molecule has 2 rings (SSSR count). The molecule has 0 radical (unpaired) electrons. The van der Waals surface area contributed by atoms with Crippen molar-refractivity contribution < 1.29 is 0 Å². The predicted octanol–water partition coefficient (Wildman–Crippen LogP) is 3.07. The van der Waals surface area contributed by atoms with Gasteiger partial charge in [-0.15, -0.1) is 0 Å². The standard InChI is InChI=1S/C15H25N3/c1-2-5-13-6-4-10-18(11-9-13)12-14-7-3-8-15(16)17-14/h3,7-8,13H,2,4-6,9-12H2,1H3,(H2,16,17). The zero-order chi connectivity index (χ0) is 12.8. The van der Waals surface area contributed by atoms with Gasteiger partial charge in [-0.05, 0) is 50.4 Å². The third kappa shape index (κ3) is 3.98. The summed E-state index contributed by atoms with van der Waals surface area (Å²) < 4.78 is 0. The highest BCUT2D eigenvalue weighted by molar-refractivity contribution is 5.28. The molecule has 1 fully saturated rings. The molecular formula is C15H25N3. The predicted molar refractivity (Wildman–Crippen MR) is 76.2 cm³/mol. The summed E-state index contributed by atoms with van der Waals surface area (Å²) in [5, 5.41) is 0. The van der Waals surface area contributed by atoms with E-state index in [1.165, 1.54) is 45.2 Å². The van der Waals surface area contributed by atoms with Crippen LogP contribution in [0.5, 0.6) is 0 Å². The third-order valence-electron chi connectivity index (χ3n) is 3.85. The lowest BCUT2D eigenvalue weighted by atomic mass is 9.96. The van der Waals surface area contributed by atoms with Crippen LogP contribution in [0.15, 0.2) is 18.2 Å². The van der Waals surface area contributed by atoms with Crippen LogP contribution in [-0.4, -0.2) is 23.0 Å². The highest BCUT2D eigenvalue weighted by atomic mass is 15.1. The number of anilines is 1. The van der Waals surface area contributed by atoms with Crippen molar-refractivity contribution in [3.63, 3.8) is 0 Å². The second-order valence-corrected chi connectivity index (χ2v) is 5.42. The van der Waals surface area contributed by atoms with Crippen molar-refractivity contribution in [3.05, 3.63) is 23.9 Å². The summed E-state index contributed by atoms with van der Waals surface area (Å²) in [6.07, 6.45) is 6.78. The normalized spacial score (nSPS) is 21.7. The monoisotopic (exact) mass is 247 g/mol. The largest absolute Gasteiger partial charge is 0.384 e. The van der Waals surface area contributed by atoms with Crippen LogP contribution in [0.1, 0.15) is 44.7 Å². The molecule has 1 aromatic heterocycles. The SMILES string of the molecule is CCCC1CCCN(Cc2cccc(N)n2)CC1. The third-order valence-corrected chi connectivity index (χ3v) is 3.85. The van der Waals surface area contributed by atoms with Gasteiger partial charge in [0.05, 0.1) is 5.69 Å². The van der Waals surface area contributed by atoms with Crippen molar-refractivity contribution >= 4 is 5.82 Å². The van der Waals surface area contributed by atoms with Gasteiger partial charge in [-0.3, -0.25) is 4.90 Å². The van der Waals surface area contributed by atoms with E-state index in [0.717, 1.165) is 18.2 Å². The molecule has 0 spiro atoms. The Labute approximate surface area is 110 Å². The first-order valence-corrected chi connectivity index (χ1v) is 7.21. The Hall–Kier alpha value is -1.09. The summed E-state index contributed by atoms with van der Waals surface area (Å²) in [5.74, 6) is 1.57. The minimum absolute atomic E-state index is 0.631. The summed E-state index contributed by atoms with van der Waals surface area (Å²) in [4.78, 5) is 6.91. The maximum Gasteiger partial charge on any atom is 0.123 e. The summed E-state index contributed by atoms with van der Waals surface area (Å²) in [5.41, 5.74) is 6.83. The van der Waals surface area contributed by atoms with Crippen LogP contribution >= 0.6 is 0 Å². The van der Waals surface area contributed by atoms with Crippen molar-refractivity contribution in [2.75, 3.05) is 18.8 Å². The maximum atomic E-state index is 5.73. The minimum Gasteiger partial charge on any atom is -0.384 e. The first kappa shape index (κ1) is 13.3. The Balaban J connectivity index is 1.87. The number of nitrogens with two attached hydrogens (primary N) is 1. The molecule has 1 unspecified atom stereocenters. The number of nitrogen functional groups attached to an aromatic ring is 1. The van der Waals surface area contributed by atoms with Crippen LogP contribution in [0.3, 0.4) is 0 Å². The molecule has 0 aromatic carbocycles. The quantitative estimate of drug-likeness (QED) is 0.889. The Bertz CT molecular complexity index is 365. The molecule has 1 aromatic rings. The molecule has 1 aliphatic rings. The number of pyridine rings is 1. The van der Waals surface area contributed by atoms with Crippen molar-refractivity contribution in [2.45, 2.75) is 45.6 Å². The van der Waals surface area contributed by atoms with Crippen LogP contribution < -0.4 is 5.73 Å². The highest BCUT2D eigenvalue weighted by Crippen LogP contribution is 2.22. The van der Waals surface area contributed by atoms with E-state index in [-0.39, 0.29) is 0 Å². The van der Waals surface area contributed by atoms with Crippen LogP contribution in [0.4, 0.5) is 5.82 Å². The lowest BCUT2D eigenvalue weighted by Crippen LogP contribution is -2.24. The lowest BCUT2D eigenvalue weighted by molar-refractivity contribution is 0.268. The van der Waals surface area contributed by atoms with E-state index in [2.05, 4.69) is 22.9 Å². The molecule has 3 nitrogen and oxygen atoms in total. The van der Waals surface area contributed by atoms with Gasteiger partial charge >= 0.3 is 0 Å². The maximum absolute atomic E-state index is 5.73. The molecular weight excluding hydrogens is 222 g/mol. The van der Waals surface area contributed by atoms with Crippen molar-refractivity contribution in [1.29, 1.82) is 0 Å². The summed E-state index contributed by atoms with van der Waals surface area (Å²) >= 11 is 0. The lowest BCUT2D eigenvalue weighted by Gasteiger charge is -2.19. The molecule has 1 atom stereocenters. The molecule has 0 amide bonds. The van der Waals surface area contributed by atoms with E-state index < -0.39 is 0 Å². The van der Waals surface area contributed by atoms with Gasteiger partial charge in [0.25, 0.3) is 0 Å². The van der Waals surface area contributed by atoms with E-state index in [1.54, 1.807) is 0 Å². The number of aromatic nitrogens is 1. The Morgan fingerprint density at radius 2 is 2.22 bits per heavy atom. The zero-order valence-electron chi connectivity index (χ0n) is 11.4. The van der Waals surface area contributed by atoms with Crippen LogP contribution in [0.25, 0.3) is 0 Å². The average Bonchev–Trinajstić information content (AvgIpc) is 2.56. The first-order chi connectivity index (χ1) is 8.78. The van der Waals surface area contributed by atoms with Gasteiger partial charge in [-0.25, -0.2) is 4.98 Å². The molecule has 1 saturated heterocycles. The second-order valence-electron chi connectivity index (χ2n) is 5.42. The van der Waals surface area contributed by atoms with Gasteiger partial charge in [0.2, 0.25) is 0 Å². The average molecular weight is 247 g/mol. The van der Waals surface area contributed by atoms with Crippen molar-refractivity contribution in [1.82, 2.24) is 9.88 Å². The molecule has 2 heterocycles. The van der Waals surface area contributed by atoms with Crippen LogP contribution in [0.2, 0.25) is 0 Å². The number of hydrogen-bond donors (Lipinski definition) is 1. The number of hydrogen-bond acceptors (Lipinski definition) is 3. The summed E-state index contributed by atoms with van der Waals surface area (Å²) in [6.45, 7) is 5.65. The van der Waals surface area contributed by atoms with E-state index in [4.69, 9.17) is 5.73 Å². The smallest absolute Gasteiger partial charge is 0.123 e. The summed E-state index contributed by atoms with van der Waals surface area (Å²) in [6, 6.07) is 5.92.